The number of rotatable bonds is 5. The molecule has 0 saturated heterocycles. The van der Waals surface area contributed by atoms with Crippen molar-refractivity contribution < 1.29 is 0 Å². The largest absolute Gasteiger partial charge is 0.353 e. The van der Waals surface area contributed by atoms with Crippen molar-refractivity contribution in [2.45, 2.75) is 34.1 Å². The second-order valence-electron chi connectivity index (χ2n) is 6.32. The van der Waals surface area contributed by atoms with Crippen LogP contribution in [0.15, 0.2) is 66.2 Å². The summed E-state index contributed by atoms with van der Waals surface area (Å²) in [5.41, 5.74) is 7.49. The molecule has 0 amide bonds. The monoisotopic (exact) mass is 267 g/mol. The van der Waals surface area contributed by atoms with Crippen LogP contribution in [-0.4, -0.2) is 0 Å². The molecule has 0 radical (unpaired) electrons. The van der Waals surface area contributed by atoms with Gasteiger partial charge in [-0.1, -0.05) is 70.0 Å². The van der Waals surface area contributed by atoms with Crippen molar-refractivity contribution in [1.82, 2.24) is 5.32 Å². The summed E-state index contributed by atoms with van der Waals surface area (Å²) in [7, 11) is 0. The molecule has 0 saturated carbocycles. The Morgan fingerprint density at radius 1 is 1.20 bits per heavy atom. The molecule has 1 heteroatoms. The van der Waals surface area contributed by atoms with Gasteiger partial charge in [0.05, 0.1) is 5.70 Å². The maximum Gasteiger partial charge on any atom is 0.0842 e. The summed E-state index contributed by atoms with van der Waals surface area (Å²) in [4.78, 5) is 0. The summed E-state index contributed by atoms with van der Waals surface area (Å²) in [6.45, 7) is 16.6. The first-order chi connectivity index (χ1) is 9.28. The van der Waals surface area contributed by atoms with Gasteiger partial charge in [-0.2, -0.15) is 0 Å². The Morgan fingerprint density at radius 3 is 2.30 bits per heavy atom. The van der Waals surface area contributed by atoms with Gasteiger partial charge in [0.1, 0.15) is 0 Å². The van der Waals surface area contributed by atoms with Crippen molar-refractivity contribution in [3.8, 4) is 0 Å². The SMILES string of the molecule is C=C(C)NC(=C=Cc1ccccc1)C(=C)CC(C)(C)C. The normalized spacial score (nSPS) is 10.4. The molecule has 0 aliphatic carbocycles. The minimum atomic E-state index is 0.202. The average molecular weight is 267 g/mol. The molecule has 0 bridgehead atoms. The maximum absolute atomic E-state index is 4.18. The highest BCUT2D eigenvalue weighted by atomic mass is 14.9. The van der Waals surface area contributed by atoms with Crippen molar-refractivity contribution in [3.63, 3.8) is 0 Å². The van der Waals surface area contributed by atoms with E-state index in [1.807, 2.05) is 31.2 Å². The summed E-state index contributed by atoms with van der Waals surface area (Å²) < 4.78 is 0. The molecular formula is C19H25N. The van der Waals surface area contributed by atoms with Crippen molar-refractivity contribution in [2.24, 2.45) is 5.41 Å². The van der Waals surface area contributed by atoms with E-state index < -0.39 is 0 Å². The smallest absolute Gasteiger partial charge is 0.0842 e. The van der Waals surface area contributed by atoms with Crippen LogP contribution in [0.3, 0.4) is 0 Å². The van der Waals surface area contributed by atoms with Gasteiger partial charge in [-0.3, -0.25) is 0 Å². The van der Waals surface area contributed by atoms with E-state index in [1.165, 1.54) is 0 Å². The average Bonchev–Trinajstić information content (AvgIpc) is 2.33. The molecule has 1 rings (SSSR count). The Kier molecular flexibility index (Phi) is 5.61. The van der Waals surface area contributed by atoms with Crippen molar-refractivity contribution >= 4 is 6.08 Å². The van der Waals surface area contributed by atoms with E-state index in [1.54, 1.807) is 0 Å². The lowest BCUT2D eigenvalue weighted by Gasteiger charge is -2.21. The maximum atomic E-state index is 4.18. The Balaban J connectivity index is 3.03. The van der Waals surface area contributed by atoms with E-state index in [0.717, 1.165) is 29.0 Å². The zero-order chi connectivity index (χ0) is 15.2. The molecular weight excluding hydrogens is 242 g/mol. The molecule has 106 valence electrons. The molecule has 1 aromatic carbocycles. The molecule has 0 aliphatic heterocycles. The van der Waals surface area contributed by atoms with Gasteiger partial charge in [-0.15, -0.1) is 0 Å². The van der Waals surface area contributed by atoms with Crippen LogP contribution >= 0.6 is 0 Å². The highest BCUT2D eigenvalue weighted by molar-refractivity contribution is 5.50. The van der Waals surface area contributed by atoms with Crippen molar-refractivity contribution in [1.29, 1.82) is 0 Å². The Labute approximate surface area is 123 Å². The lowest BCUT2D eigenvalue weighted by Crippen LogP contribution is -2.15. The number of hydrogen-bond acceptors (Lipinski definition) is 1. The quantitative estimate of drug-likeness (QED) is 0.564. The van der Waals surface area contributed by atoms with Crippen LogP contribution < -0.4 is 5.32 Å². The third-order valence-electron chi connectivity index (χ3n) is 2.62. The van der Waals surface area contributed by atoms with Crippen LogP contribution in [0.5, 0.6) is 0 Å². The third kappa shape index (κ3) is 6.26. The van der Waals surface area contributed by atoms with Crippen LogP contribution in [0.4, 0.5) is 0 Å². The zero-order valence-corrected chi connectivity index (χ0v) is 13.1. The summed E-state index contributed by atoms with van der Waals surface area (Å²) in [6.07, 6.45) is 2.89. The molecule has 0 aromatic heterocycles. The molecule has 0 heterocycles. The molecule has 0 unspecified atom stereocenters. The lowest BCUT2D eigenvalue weighted by molar-refractivity contribution is 0.411. The zero-order valence-electron chi connectivity index (χ0n) is 13.1. The lowest BCUT2D eigenvalue weighted by atomic mass is 9.87. The molecule has 1 aromatic rings. The van der Waals surface area contributed by atoms with Crippen LogP contribution in [0, 0.1) is 5.41 Å². The molecule has 0 fully saturated rings. The van der Waals surface area contributed by atoms with Crippen molar-refractivity contribution in [2.75, 3.05) is 0 Å². The van der Waals surface area contributed by atoms with Crippen LogP contribution in [0.2, 0.25) is 0 Å². The minimum Gasteiger partial charge on any atom is -0.353 e. The van der Waals surface area contributed by atoms with Gasteiger partial charge < -0.3 is 5.32 Å². The number of benzene rings is 1. The third-order valence-corrected chi connectivity index (χ3v) is 2.62. The summed E-state index contributed by atoms with van der Waals surface area (Å²) in [6, 6.07) is 10.1. The Morgan fingerprint density at radius 2 is 1.80 bits per heavy atom. The predicted molar refractivity (Wildman–Crippen MR) is 89.1 cm³/mol. The molecule has 20 heavy (non-hydrogen) atoms. The van der Waals surface area contributed by atoms with E-state index in [0.29, 0.717) is 0 Å². The van der Waals surface area contributed by atoms with Gasteiger partial charge in [0.25, 0.3) is 0 Å². The second kappa shape index (κ2) is 6.98. The van der Waals surface area contributed by atoms with Crippen LogP contribution in [-0.2, 0) is 0 Å². The van der Waals surface area contributed by atoms with Gasteiger partial charge in [0, 0.05) is 5.70 Å². The van der Waals surface area contributed by atoms with Gasteiger partial charge in [-0.05, 0) is 36.0 Å². The second-order valence-corrected chi connectivity index (χ2v) is 6.32. The highest BCUT2D eigenvalue weighted by Gasteiger charge is 2.14. The van der Waals surface area contributed by atoms with Gasteiger partial charge in [-0.25, -0.2) is 0 Å². The first-order valence-electron chi connectivity index (χ1n) is 6.90. The first kappa shape index (κ1) is 16.1. The first-order valence-corrected chi connectivity index (χ1v) is 6.90. The highest BCUT2D eigenvalue weighted by Crippen LogP contribution is 2.26. The fourth-order valence-corrected chi connectivity index (χ4v) is 1.87. The van der Waals surface area contributed by atoms with Crippen LogP contribution in [0.25, 0.3) is 6.08 Å². The van der Waals surface area contributed by atoms with Gasteiger partial charge in [0.15, 0.2) is 0 Å². The predicted octanol–water partition coefficient (Wildman–Crippen LogP) is 5.30. The van der Waals surface area contributed by atoms with Crippen molar-refractivity contribution in [3.05, 3.63) is 71.8 Å². The van der Waals surface area contributed by atoms with E-state index in [2.05, 4.69) is 57.1 Å². The summed E-state index contributed by atoms with van der Waals surface area (Å²) in [5.74, 6) is 0. The molecule has 0 spiro atoms. The fourth-order valence-electron chi connectivity index (χ4n) is 1.87. The molecule has 0 atom stereocenters. The Bertz CT molecular complexity index is 535. The number of hydrogen-bond donors (Lipinski definition) is 1. The fraction of sp³-hybridized carbons (Fsp3) is 0.316. The standard InChI is InChI=1S/C19H25N/c1-15(2)20-18(16(3)14-19(4,5)6)13-12-17-10-8-7-9-11-17/h7-12,20H,1,3,14H2,2,4-6H3. The number of nitrogens with one attached hydrogen (secondary N) is 1. The van der Waals surface area contributed by atoms with E-state index >= 15 is 0 Å². The summed E-state index contributed by atoms with van der Waals surface area (Å²) >= 11 is 0. The van der Waals surface area contributed by atoms with Crippen LogP contribution in [0.1, 0.15) is 39.7 Å². The van der Waals surface area contributed by atoms with Gasteiger partial charge in [0.2, 0.25) is 0 Å². The van der Waals surface area contributed by atoms with E-state index in [9.17, 15) is 0 Å². The van der Waals surface area contributed by atoms with E-state index in [4.69, 9.17) is 0 Å². The molecule has 1 nitrogen and oxygen atoms in total. The molecule has 1 N–H and O–H groups in total. The topological polar surface area (TPSA) is 12.0 Å². The molecule has 0 aliphatic rings. The van der Waals surface area contributed by atoms with Gasteiger partial charge >= 0.3 is 0 Å². The summed E-state index contributed by atoms with van der Waals surface area (Å²) in [5, 5.41) is 3.25. The van der Waals surface area contributed by atoms with E-state index in [-0.39, 0.29) is 5.41 Å². The Hall–Kier alpha value is -1.98. The minimum absolute atomic E-state index is 0.202. The number of allylic oxidation sites excluding steroid dienone is 2.